The zero-order chi connectivity index (χ0) is 27.6. The lowest BCUT2D eigenvalue weighted by Gasteiger charge is -2.16. The van der Waals surface area contributed by atoms with Crippen molar-refractivity contribution < 1.29 is 27.9 Å². The molecule has 1 aromatic carbocycles. The monoisotopic (exact) mass is 548 g/mol. The molecule has 0 spiro atoms. The van der Waals surface area contributed by atoms with Crippen LogP contribution >= 0.6 is 11.6 Å². The number of rotatable bonds is 5. The van der Waals surface area contributed by atoms with Crippen LogP contribution in [-0.4, -0.2) is 43.3 Å². The van der Waals surface area contributed by atoms with E-state index in [2.05, 4.69) is 30.8 Å². The van der Waals surface area contributed by atoms with E-state index in [1.165, 1.54) is 6.20 Å². The smallest absolute Gasteiger partial charge is 0.475 e. The standard InChI is InChI=1S/C22H19ClN6O2.C2HF3O2/c1-11-13(10-25-29-11)19-14(23)3-2-4-15(19)26-17-9-18(28-21(30)12-5-6-12)27-16-7-8-24-22(31)20(16)17;3-2(4,5)1(6)7/h2-4,7-10,12H,5-6H2,1H3,(H,24,31)(H,25,29)(H2,26,27,28,30);(H,6,7). The van der Waals surface area contributed by atoms with Gasteiger partial charge in [-0.1, -0.05) is 17.7 Å². The molecule has 0 aliphatic heterocycles. The van der Waals surface area contributed by atoms with Gasteiger partial charge in [-0.3, -0.25) is 14.7 Å². The predicted octanol–water partition coefficient (Wildman–Crippen LogP) is 5.00. The zero-order valence-electron chi connectivity index (χ0n) is 19.6. The molecular weight excluding hydrogens is 529 g/mol. The van der Waals surface area contributed by atoms with Crippen molar-refractivity contribution in [3.8, 4) is 11.1 Å². The van der Waals surface area contributed by atoms with Crippen LogP contribution in [0.3, 0.4) is 0 Å². The molecule has 1 amide bonds. The lowest BCUT2D eigenvalue weighted by molar-refractivity contribution is -0.192. The Hall–Kier alpha value is -4.39. The van der Waals surface area contributed by atoms with Gasteiger partial charge in [0.15, 0.2) is 0 Å². The number of fused-ring (bicyclic) bond motifs is 1. The number of hydrogen-bond acceptors (Lipinski definition) is 6. The minimum absolute atomic E-state index is 0.0386. The number of aliphatic carboxylic acids is 1. The summed E-state index contributed by atoms with van der Waals surface area (Å²) >= 11 is 6.53. The fraction of sp³-hybridized carbons (Fsp3) is 0.208. The minimum Gasteiger partial charge on any atom is -0.475 e. The van der Waals surface area contributed by atoms with Crippen LogP contribution in [0.4, 0.5) is 30.4 Å². The molecule has 1 aliphatic carbocycles. The molecule has 0 saturated heterocycles. The molecule has 5 N–H and O–H groups in total. The summed E-state index contributed by atoms with van der Waals surface area (Å²) in [4.78, 5) is 40.9. The van der Waals surface area contributed by atoms with Gasteiger partial charge in [0.25, 0.3) is 5.56 Å². The van der Waals surface area contributed by atoms with E-state index in [1.807, 2.05) is 19.1 Å². The van der Waals surface area contributed by atoms with Crippen LogP contribution in [0.5, 0.6) is 0 Å². The summed E-state index contributed by atoms with van der Waals surface area (Å²) in [7, 11) is 0. The van der Waals surface area contributed by atoms with Gasteiger partial charge in [0.1, 0.15) is 5.82 Å². The van der Waals surface area contributed by atoms with Crippen LogP contribution in [-0.2, 0) is 9.59 Å². The molecule has 38 heavy (non-hydrogen) atoms. The van der Waals surface area contributed by atoms with E-state index in [9.17, 15) is 22.8 Å². The number of H-pyrrole nitrogens is 2. The Labute approximate surface area is 217 Å². The van der Waals surface area contributed by atoms with Crippen LogP contribution in [0, 0.1) is 12.8 Å². The second-order valence-corrected chi connectivity index (χ2v) is 8.79. The molecule has 0 unspecified atom stereocenters. The molecule has 10 nitrogen and oxygen atoms in total. The second-order valence-electron chi connectivity index (χ2n) is 8.38. The van der Waals surface area contributed by atoms with Crippen molar-refractivity contribution in [3.05, 3.63) is 63.8 Å². The minimum atomic E-state index is -5.08. The topological polar surface area (TPSA) is 153 Å². The van der Waals surface area contributed by atoms with Crippen molar-refractivity contribution in [3.63, 3.8) is 0 Å². The number of carboxylic acid groups (broad SMARTS) is 1. The summed E-state index contributed by atoms with van der Waals surface area (Å²) in [6, 6.07) is 8.87. The molecule has 1 saturated carbocycles. The number of benzene rings is 1. The van der Waals surface area contributed by atoms with Crippen LogP contribution in [0.15, 0.2) is 47.5 Å². The molecular formula is C24H20ClF3N6O4. The summed E-state index contributed by atoms with van der Waals surface area (Å²) in [5.41, 5.74) is 3.89. The average Bonchev–Trinajstić information content (AvgIpc) is 3.61. The Bertz CT molecular complexity index is 1580. The number of aromatic nitrogens is 4. The molecule has 0 atom stereocenters. The maximum atomic E-state index is 12.6. The summed E-state index contributed by atoms with van der Waals surface area (Å²) in [5, 5.41) is 21.3. The number of carbonyl (C=O) groups is 2. The fourth-order valence-corrected chi connectivity index (χ4v) is 3.86. The number of aryl methyl sites for hydroxylation is 1. The number of carbonyl (C=O) groups excluding carboxylic acids is 1. The maximum Gasteiger partial charge on any atom is 0.490 e. The molecule has 0 radical (unpaired) electrons. The molecule has 4 aromatic rings. The van der Waals surface area contributed by atoms with Crippen molar-refractivity contribution >= 4 is 51.6 Å². The quantitative estimate of drug-likeness (QED) is 0.235. The first-order chi connectivity index (χ1) is 18.0. The van der Waals surface area contributed by atoms with Crippen molar-refractivity contribution in [1.29, 1.82) is 0 Å². The number of amides is 1. The number of aromatic amines is 2. The molecule has 0 bridgehead atoms. The molecule has 198 valence electrons. The van der Waals surface area contributed by atoms with Crippen LogP contribution in [0.25, 0.3) is 22.0 Å². The highest BCUT2D eigenvalue weighted by Crippen LogP contribution is 2.38. The van der Waals surface area contributed by atoms with Gasteiger partial charge < -0.3 is 20.7 Å². The fourth-order valence-electron chi connectivity index (χ4n) is 3.58. The van der Waals surface area contributed by atoms with E-state index >= 15 is 0 Å². The third kappa shape index (κ3) is 5.94. The van der Waals surface area contributed by atoms with E-state index in [4.69, 9.17) is 21.5 Å². The van der Waals surface area contributed by atoms with Crippen molar-refractivity contribution in [2.45, 2.75) is 25.9 Å². The highest BCUT2D eigenvalue weighted by atomic mass is 35.5. The molecule has 5 rings (SSSR count). The van der Waals surface area contributed by atoms with Crippen LogP contribution in [0.1, 0.15) is 18.5 Å². The summed E-state index contributed by atoms with van der Waals surface area (Å²) in [6.45, 7) is 1.91. The predicted molar refractivity (Wildman–Crippen MR) is 134 cm³/mol. The number of anilines is 3. The Kier molecular flexibility index (Phi) is 7.39. The van der Waals surface area contributed by atoms with Gasteiger partial charge in [-0.25, -0.2) is 9.78 Å². The average molecular weight is 549 g/mol. The van der Waals surface area contributed by atoms with E-state index in [0.29, 0.717) is 33.1 Å². The van der Waals surface area contributed by atoms with Crippen molar-refractivity contribution in [2.24, 2.45) is 5.92 Å². The number of nitrogens with one attached hydrogen (secondary N) is 4. The zero-order valence-corrected chi connectivity index (χ0v) is 20.4. The van der Waals surface area contributed by atoms with Crippen molar-refractivity contribution in [2.75, 3.05) is 10.6 Å². The van der Waals surface area contributed by atoms with Crippen molar-refractivity contribution in [1.82, 2.24) is 20.2 Å². The van der Waals surface area contributed by atoms with Gasteiger partial charge in [0, 0.05) is 40.7 Å². The lowest BCUT2D eigenvalue weighted by Crippen LogP contribution is -2.21. The number of halogens is 4. The molecule has 1 aliphatic rings. The largest absolute Gasteiger partial charge is 0.490 e. The summed E-state index contributed by atoms with van der Waals surface area (Å²) < 4.78 is 31.7. The first kappa shape index (κ1) is 26.7. The van der Waals surface area contributed by atoms with Gasteiger partial charge in [0.05, 0.1) is 27.8 Å². The Balaban J connectivity index is 0.000000426. The first-order valence-electron chi connectivity index (χ1n) is 11.1. The van der Waals surface area contributed by atoms with E-state index in [-0.39, 0.29) is 17.4 Å². The highest BCUT2D eigenvalue weighted by molar-refractivity contribution is 6.34. The third-order valence-electron chi connectivity index (χ3n) is 5.55. The van der Waals surface area contributed by atoms with Gasteiger partial charge in [-0.15, -0.1) is 0 Å². The van der Waals surface area contributed by atoms with E-state index < -0.39 is 12.1 Å². The van der Waals surface area contributed by atoms with Gasteiger partial charge in [0.2, 0.25) is 5.91 Å². The molecule has 3 aromatic heterocycles. The molecule has 1 fully saturated rings. The second kappa shape index (κ2) is 10.5. The van der Waals surface area contributed by atoms with Gasteiger partial charge >= 0.3 is 12.1 Å². The van der Waals surface area contributed by atoms with E-state index in [0.717, 1.165) is 29.7 Å². The van der Waals surface area contributed by atoms with Crippen LogP contribution < -0.4 is 16.2 Å². The number of hydrogen-bond donors (Lipinski definition) is 5. The lowest BCUT2D eigenvalue weighted by atomic mass is 10.0. The number of nitrogens with zero attached hydrogens (tertiary/aromatic N) is 2. The van der Waals surface area contributed by atoms with Crippen LogP contribution in [0.2, 0.25) is 5.02 Å². The van der Waals surface area contributed by atoms with Gasteiger partial charge in [-0.2, -0.15) is 18.3 Å². The normalized spacial score (nSPS) is 13.0. The number of alkyl halides is 3. The highest BCUT2D eigenvalue weighted by Gasteiger charge is 2.38. The third-order valence-corrected chi connectivity index (χ3v) is 5.87. The maximum absolute atomic E-state index is 12.6. The Morgan fingerprint density at radius 1 is 1.18 bits per heavy atom. The number of pyridine rings is 2. The first-order valence-corrected chi connectivity index (χ1v) is 11.5. The molecule has 3 heterocycles. The Morgan fingerprint density at radius 3 is 2.50 bits per heavy atom. The summed E-state index contributed by atoms with van der Waals surface area (Å²) in [6.07, 6.45) is -0.0612. The number of carboxylic acids is 1. The molecule has 14 heteroatoms. The summed E-state index contributed by atoms with van der Waals surface area (Å²) in [5.74, 6) is -2.38. The SMILES string of the molecule is Cc1[nH]ncc1-c1c(Cl)cccc1Nc1cc(NC(=O)C2CC2)nc2cc[nH]c(=O)c12.O=C(O)C(F)(F)F. The van der Waals surface area contributed by atoms with Gasteiger partial charge in [-0.05, 0) is 38.0 Å². The Morgan fingerprint density at radius 2 is 1.89 bits per heavy atom. The van der Waals surface area contributed by atoms with E-state index in [1.54, 1.807) is 24.4 Å².